The van der Waals surface area contributed by atoms with E-state index in [-0.39, 0.29) is 22.8 Å². The van der Waals surface area contributed by atoms with E-state index in [9.17, 15) is 23.1 Å². The fourth-order valence-corrected chi connectivity index (χ4v) is 4.73. The van der Waals surface area contributed by atoms with E-state index in [4.69, 9.17) is 9.88 Å². The van der Waals surface area contributed by atoms with Crippen LogP contribution in [0.3, 0.4) is 0 Å². The van der Waals surface area contributed by atoms with Crippen LogP contribution in [0.15, 0.2) is 89.3 Å². The Morgan fingerprint density at radius 1 is 0.972 bits per heavy atom. The first kappa shape index (κ1) is 25.2. The van der Waals surface area contributed by atoms with Gasteiger partial charge in [0.25, 0.3) is 11.7 Å². The number of aliphatic hydroxyl groups excluding tert-OH is 1. The topological polar surface area (TPSA) is 127 Å². The number of carbonyl (C=O) groups is 2. The molecule has 0 bridgehead atoms. The van der Waals surface area contributed by atoms with E-state index in [0.29, 0.717) is 29.9 Å². The van der Waals surface area contributed by atoms with Crippen LogP contribution in [0.5, 0.6) is 5.75 Å². The number of primary sulfonamides is 1. The van der Waals surface area contributed by atoms with Crippen LogP contribution >= 0.6 is 0 Å². The van der Waals surface area contributed by atoms with E-state index in [0.717, 1.165) is 5.56 Å². The molecule has 3 aromatic carbocycles. The Hall–Kier alpha value is -3.95. The van der Waals surface area contributed by atoms with Gasteiger partial charge in [-0.3, -0.25) is 9.59 Å². The number of benzene rings is 3. The van der Waals surface area contributed by atoms with Crippen molar-refractivity contribution in [1.82, 2.24) is 4.90 Å². The molecule has 3 N–H and O–H groups in total. The SMILES string of the molecule is CCOc1ccc(C(O)=C2C(=O)C(=O)N(CCc3ccc(S(N)(=O)=O)cc3)[C@@H]2c2ccccc2)cc1. The predicted octanol–water partition coefficient (Wildman–Crippen LogP) is 3.40. The van der Waals surface area contributed by atoms with Gasteiger partial charge in [0.2, 0.25) is 10.0 Å². The smallest absolute Gasteiger partial charge is 0.295 e. The zero-order chi connectivity index (χ0) is 25.9. The average molecular weight is 507 g/mol. The summed E-state index contributed by atoms with van der Waals surface area (Å²) in [6.45, 7) is 2.54. The maximum Gasteiger partial charge on any atom is 0.295 e. The van der Waals surface area contributed by atoms with E-state index in [1.807, 2.05) is 13.0 Å². The highest BCUT2D eigenvalue weighted by molar-refractivity contribution is 7.89. The minimum atomic E-state index is -3.81. The first-order chi connectivity index (χ1) is 17.2. The lowest BCUT2D eigenvalue weighted by Gasteiger charge is -2.25. The van der Waals surface area contributed by atoms with Crippen LogP contribution in [0.2, 0.25) is 0 Å². The minimum Gasteiger partial charge on any atom is -0.507 e. The van der Waals surface area contributed by atoms with Gasteiger partial charge < -0.3 is 14.7 Å². The molecule has 1 aliphatic heterocycles. The third-order valence-corrected chi connectivity index (χ3v) is 6.92. The molecule has 0 saturated carbocycles. The minimum absolute atomic E-state index is 0.00802. The highest BCUT2D eigenvalue weighted by Gasteiger charge is 2.45. The first-order valence-electron chi connectivity index (χ1n) is 11.4. The van der Waals surface area contributed by atoms with Crippen LogP contribution in [0.4, 0.5) is 0 Å². The fraction of sp³-hybridized carbons (Fsp3) is 0.185. The van der Waals surface area contributed by atoms with Crippen LogP contribution in [0, 0.1) is 0 Å². The highest BCUT2D eigenvalue weighted by Crippen LogP contribution is 2.39. The third kappa shape index (κ3) is 5.17. The Kier molecular flexibility index (Phi) is 7.23. The highest BCUT2D eigenvalue weighted by atomic mass is 32.2. The number of ketones is 1. The van der Waals surface area contributed by atoms with Gasteiger partial charge in [0, 0.05) is 12.1 Å². The molecule has 1 aliphatic rings. The van der Waals surface area contributed by atoms with Crippen molar-refractivity contribution in [3.8, 4) is 5.75 Å². The monoisotopic (exact) mass is 506 g/mol. The summed E-state index contributed by atoms with van der Waals surface area (Å²) in [7, 11) is -3.81. The van der Waals surface area contributed by atoms with Gasteiger partial charge in [-0.2, -0.15) is 0 Å². The van der Waals surface area contributed by atoms with E-state index in [1.54, 1.807) is 60.7 Å². The third-order valence-electron chi connectivity index (χ3n) is 5.99. The Morgan fingerprint density at radius 3 is 2.19 bits per heavy atom. The quantitative estimate of drug-likeness (QED) is 0.274. The van der Waals surface area contributed by atoms with Crippen LogP contribution in [0.1, 0.15) is 29.7 Å². The van der Waals surface area contributed by atoms with Gasteiger partial charge in [-0.15, -0.1) is 0 Å². The van der Waals surface area contributed by atoms with Gasteiger partial charge in [-0.05, 0) is 60.9 Å². The molecule has 0 aliphatic carbocycles. The summed E-state index contributed by atoms with van der Waals surface area (Å²) in [6, 6.07) is 21.0. The molecular formula is C27H26N2O6S. The summed E-state index contributed by atoms with van der Waals surface area (Å²) in [5.74, 6) is -1.11. The molecule has 1 saturated heterocycles. The number of likely N-dealkylation sites (tertiary alicyclic amines) is 1. The summed E-state index contributed by atoms with van der Waals surface area (Å²) in [5.41, 5.74) is 1.87. The lowest BCUT2D eigenvalue weighted by molar-refractivity contribution is -0.139. The van der Waals surface area contributed by atoms with E-state index < -0.39 is 27.8 Å². The fourth-order valence-electron chi connectivity index (χ4n) is 4.22. The van der Waals surface area contributed by atoms with Crippen LogP contribution < -0.4 is 9.88 Å². The first-order valence-corrected chi connectivity index (χ1v) is 12.9. The molecule has 0 unspecified atom stereocenters. The predicted molar refractivity (Wildman–Crippen MR) is 135 cm³/mol. The maximum atomic E-state index is 13.1. The number of aliphatic hydroxyl groups is 1. The van der Waals surface area contributed by atoms with Crippen molar-refractivity contribution in [2.75, 3.05) is 13.2 Å². The van der Waals surface area contributed by atoms with Gasteiger partial charge >= 0.3 is 0 Å². The van der Waals surface area contributed by atoms with E-state index in [2.05, 4.69) is 0 Å². The van der Waals surface area contributed by atoms with Crippen LogP contribution in [-0.2, 0) is 26.0 Å². The van der Waals surface area contributed by atoms with Crippen molar-refractivity contribution in [1.29, 1.82) is 0 Å². The zero-order valence-electron chi connectivity index (χ0n) is 19.6. The molecule has 4 rings (SSSR count). The molecule has 0 spiro atoms. The number of carbonyl (C=O) groups excluding carboxylic acids is 2. The van der Waals surface area contributed by atoms with Crippen molar-refractivity contribution >= 4 is 27.5 Å². The molecule has 1 atom stereocenters. The van der Waals surface area contributed by atoms with Gasteiger partial charge in [-0.1, -0.05) is 42.5 Å². The summed E-state index contributed by atoms with van der Waals surface area (Å²) >= 11 is 0. The standard InChI is InChI=1S/C27H26N2O6S/c1-2-35-21-12-10-20(11-13-21)25(30)23-24(19-6-4-3-5-7-19)29(27(32)26(23)31)17-16-18-8-14-22(15-9-18)36(28,33)34/h3-15,24,30H,2,16-17H2,1H3,(H2,28,33,34)/t24-/m1/s1. The number of Topliss-reactive ketones (excluding diaryl/α,β-unsaturated/α-hetero) is 1. The summed E-state index contributed by atoms with van der Waals surface area (Å²) in [4.78, 5) is 27.7. The van der Waals surface area contributed by atoms with Crippen molar-refractivity contribution in [3.63, 3.8) is 0 Å². The molecule has 186 valence electrons. The number of amides is 1. The van der Waals surface area contributed by atoms with Gasteiger partial charge in [-0.25, -0.2) is 13.6 Å². The molecule has 36 heavy (non-hydrogen) atoms. The number of rotatable bonds is 8. The second-order valence-electron chi connectivity index (χ2n) is 8.30. The number of hydrogen-bond donors (Lipinski definition) is 2. The molecule has 0 aromatic heterocycles. The normalized spacial score (nSPS) is 17.4. The lowest BCUT2D eigenvalue weighted by atomic mass is 9.95. The molecule has 1 heterocycles. The average Bonchev–Trinajstić information content (AvgIpc) is 3.13. The second kappa shape index (κ2) is 10.3. The number of nitrogens with two attached hydrogens (primary N) is 1. The second-order valence-corrected chi connectivity index (χ2v) is 9.86. The maximum absolute atomic E-state index is 13.1. The number of hydrogen-bond acceptors (Lipinski definition) is 6. The van der Waals surface area contributed by atoms with Gasteiger partial charge in [0.05, 0.1) is 23.1 Å². The van der Waals surface area contributed by atoms with Gasteiger partial charge in [0.15, 0.2) is 0 Å². The van der Waals surface area contributed by atoms with E-state index in [1.165, 1.54) is 17.0 Å². The Morgan fingerprint density at radius 2 is 1.61 bits per heavy atom. The Labute approximate surface area is 209 Å². The van der Waals surface area contributed by atoms with E-state index >= 15 is 0 Å². The lowest BCUT2D eigenvalue weighted by Crippen LogP contribution is -2.31. The molecule has 3 aromatic rings. The largest absolute Gasteiger partial charge is 0.507 e. The van der Waals surface area contributed by atoms with Gasteiger partial charge in [0.1, 0.15) is 11.5 Å². The number of ether oxygens (including phenoxy) is 1. The number of nitrogens with zero attached hydrogens (tertiary/aromatic N) is 1. The Bertz CT molecular complexity index is 1400. The summed E-state index contributed by atoms with van der Waals surface area (Å²) < 4.78 is 28.5. The molecule has 1 amide bonds. The van der Waals surface area contributed by atoms with Crippen molar-refractivity contribution in [2.24, 2.45) is 5.14 Å². The van der Waals surface area contributed by atoms with Crippen molar-refractivity contribution < 1.29 is 27.9 Å². The van der Waals surface area contributed by atoms with Crippen LogP contribution in [-0.4, -0.2) is 43.3 Å². The summed E-state index contributed by atoms with van der Waals surface area (Å²) in [5, 5.41) is 16.3. The molecule has 8 nitrogen and oxygen atoms in total. The van der Waals surface area contributed by atoms with Crippen LogP contribution in [0.25, 0.3) is 5.76 Å². The molecule has 1 fully saturated rings. The van der Waals surface area contributed by atoms with Crippen molar-refractivity contribution in [2.45, 2.75) is 24.3 Å². The Balaban J connectivity index is 1.68. The number of sulfonamides is 1. The molecule has 9 heteroatoms. The molecular weight excluding hydrogens is 480 g/mol. The van der Waals surface area contributed by atoms with Crippen molar-refractivity contribution in [3.05, 3.63) is 101 Å². The zero-order valence-corrected chi connectivity index (χ0v) is 20.4. The summed E-state index contributed by atoms with van der Waals surface area (Å²) in [6.07, 6.45) is 0.365. The molecule has 0 radical (unpaired) electrons.